The molecular weight excluding hydrogens is 714 g/mol. The van der Waals surface area contributed by atoms with Gasteiger partial charge in [0, 0.05) is 75.7 Å². The van der Waals surface area contributed by atoms with Gasteiger partial charge in [0.1, 0.15) is 22.3 Å². The number of nitrogens with zero attached hydrogens (tertiary/aromatic N) is 8. The Morgan fingerprint density at radius 1 is 0.962 bits per heavy atom. The lowest BCUT2D eigenvalue weighted by molar-refractivity contribution is -0.120. The van der Waals surface area contributed by atoms with E-state index >= 15 is 0 Å². The normalized spacial score (nSPS) is 20.4. The van der Waals surface area contributed by atoms with Gasteiger partial charge in [-0.2, -0.15) is 0 Å². The van der Waals surface area contributed by atoms with E-state index in [9.17, 15) is 14.4 Å². The quantitative estimate of drug-likeness (QED) is 0.196. The summed E-state index contributed by atoms with van der Waals surface area (Å²) in [6.45, 7) is 12.2. The van der Waals surface area contributed by atoms with Crippen LogP contribution in [0.5, 0.6) is 0 Å². The zero-order chi connectivity index (χ0) is 36.6. The fraction of sp³-hybridized carbons (Fsp3) is 0.405. The van der Waals surface area contributed by atoms with Crippen LogP contribution >= 0.6 is 22.9 Å². The van der Waals surface area contributed by atoms with Crippen LogP contribution in [0, 0.1) is 13.8 Å². The molecule has 0 spiro atoms. The summed E-state index contributed by atoms with van der Waals surface area (Å²) in [6.07, 6.45) is 3.02. The Morgan fingerprint density at radius 3 is 2.49 bits per heavy atom. The Labute approximate surface area is 317 Å². The molecule has 0 saturated carbocycles. The predicted molar refractivity (Wildman–Crippen MR) is 208 cm³/mol. The summed E-state index contributed by atoms with van der Waals surface area (Å²) in [4.78, 5) is 62.3. The van der Waals surface area contributed by atoms with Gasteiger partial charge in [0.15, 0.2) is 5.13 Å². The predicted octanol–water partition coefficient (Wildman–Crippen LogP) is 4.73. The second-order valence-corrected chi connectivity index (χ2v) is 15.4. The van der Waals surface area contributed by atoms with Gasteiger partial charge in [-0.15, -0.1) is 0 Å². The molecule has 4 saturated heterocycles. The highest BCUT2D eigenvalue weighted by atomic mass is 35.5. The highest BCUT2D eigenvalue weighted by Gasteiger charge is 2.51. The van der Waals surface area contributed by atoms with E-state index in [2.05, 4.69) is 57.7 Å². The molecule has 2 aromatic carbocycles. The number of urea groups is 1. The summed E-state index contributed by atoms with van der Waals surface area (Å²) in [6, 6.07) is 16.4. The van der Waals surface area contributed by atoms with Crippen molar-refractivity contribution in [2.75, 3.05) is 84.2 Å². The molecule has 16 heteroatoms. The molecule has 4 amide bonds. The number of halogens is 1. The number of anilines is 6. The number of nitrogens with one attached hydrogen (secondary N) is 3. The average Bonchev–Trinajstić information content (AvgIpc) is 3.60. The van der Waals surface area contributed by atoms with Gasteiger partial charge in [-0.1, -0.05) is 35.1 Å². The lowest BCUT2D eigenvalue weighted by Crippen LogP contribution is -2.79. The fourth-order valence-electron chi connectivity index (χ4n) is 7.52. The minimum atomic E-state index is -0.351. The molecule has 4 aliphatic heterocycles. The van der Waals surface area contributed by atoms with Crippen LogP contribution in [0.15, 0.2) is 54.7 Å². The van der Waals surface area contributed by atoms with E-state index in [0.717, 1.165) is 75.8 Å². The molecule has 4 fully saturated rings. The topological polar surface area (TPSA) is 142 Å². The molecule has 4 aliphatic rings. The van der Waals surface area contributed by atoms with Crippen molar-refractivity contribution in [3.05, 3.63) is 76.0 Å². The van der Waals surface area contributed by atoms with Crippen molar-refractivity contribution >= 4 is 74.6 Å². The van der Waals surface area contributed by atoms with Gasteiger partial charge in [-0.05, 0) is 69.3 Å². The number of para-hydroxylation sites is 1. The third kappa shape index (κ3) is 7.51. The number of hydrogen-bond acceptors (Lipinski definition) is 12. The van der Waals surface area contributed by atoms with Crippen LogP contribution in [-0.2, 0) is 4.79 Å². The van der Waals surface area contributed by atoms with Crippen molar-refractivity contribution in [3.8, 4) is 0 Å². The SMILES string of the molecule is Cc1nc(Nc2ncc(C(=O)Nc3c(C)cccc3Cl)s2)cc(N2CCN(CCCN3CC4C3CN4c3ccc(N4CCC(=O)NC4=O)cc3)CC2)n1. The van der Waals surface area contributed by atoms with E-state index in [-0.39, 0.29) is 17.8 Å². The fourth-order valence-corrected chi connectivity index (χ4v) is 8.51. The summed E-state index contributed by atoms with van der Waals surface area (Å²) in [7, 11) is 0. The zero-order valence-electron chi connectivity index (χ0n) is 29.7. The Bertz CT molecular complexity index is 2000. The van der Waals surface area contributed by atoms with Crippen molar-refractivity contribution in [3.63, 3.8) is 0 Å². The molecule has 3 N–H and O–H groups in total. The number of benzene rings is 2. The standard InChI is InChI=1S/C37H42ClN11O3S/c1-23-5-3-6-27(38)34(23)44-35(51)30-20-39-36(53-30)42-31-19-32(41-24(2)40-31)46-17-15-45(16-18-46)12-4-13-47-21-29-28(47)22-49(29)26-9-7-25(8-10-26)48-14-11-33(50)43-37(48)52/h3,5-10,19-20,28-29H,4,11-18,21-22H2,1-2H3,(H,44,51)(H,43,50,52)(H,39,40,41,42). The second-order valence-electron chi connectivity index (χ2n) is 13.9. The Morgan fingerprint density at radius 2 is 1.75 bits per heavy atom. The Kier molecular flexibility index (Phi) is 9.89. The van der Waals surface area contributed by atoms with Gasteiger partial charge >= 0.3 is 6.03 Å². The Balaban J connectivity index is 0.763. The summed E-state index contributed by atoms with van der Waals surface area (Å²) < 4.78 is 0. The molecule has 2 unspecified atom stereocenters. The first kappa shape index (κ1) is 35.2. The van der Waals surface area contributed by atoms with Crippen LogP contribution in [0.1, 0.15) is 33.9 Å². The lowest BCUT2D eigenvalue weighted by Gasteiger charge is -2.63. The van der Waals surface area contributed by atoms with Crippen LogP contribution in [0.4, 0.5) is 38.6 Å². The van der Waals surface area contributed by atoms with Gasteiger partial charge in [-0.25, -0.2) is 19.7 Å². The van der Waals surface area contributed by atoms with Gasteiger partial charge < -0.3 is 20.4 Å². The second kappa shape index (κ2) is 14.9. The molecule has 53 heavy (non-hydrogen) atoms. The monoisotopic (exact) mass is 755 g/mol. The highest BCUT2D eigenvalue weighted by molar-refractivity contribution is 7.17. The number of rotatable bonds is 11. The van der Waals surface area contributed by atoms with Crippen LogP contribution in [-0.4, -0.2) is 114 Å². The number of aromatic nitrogens is 3. The van der Waals surface area contributed by atoms with E-state index in [4.69, 9.17) is 16.6 Å². The molecule has 0 bridgehead atoms. The number of piperazine rings is 2. The number of fused-ring (bicyclic) bond motifs is 1. The third-order valence-electron chi connectivity index (χ3n) is 10.5. The van der Waals surface area contributed by atoms with Crippen molar-refractivity contribution in [2.24, 2.45) is 0 Å². The van der Waals surface area contributed by atoms with Gasteiger partial charge in [0.25, 0.3) is 5.91 Å². The molecule has 0 aliphatic carbocycles. The number of amides is 4. The zero-order valence-corrected chi connectivity index (χ0v) is 31.3. The number of likely N-dealkylation sites (tertiary alicyclic amines) is 1. The van der Waals surface area contributed by atoms with Crippen molar-refractivity contribution in [1.82, 2.24) is 30.1 Å². The van der Waals surface area contributed by atoms with Crippen LogP contribution in [0.3, 0.4) is 0 Å². The summed E-state index contributed by atoms with van der Waals surface area (Å²) in [5.74, 6) is 1.71. The van der Waals surface area contributed by atoms with Gasteiger partial charge in [-0.3, -0.25) is 29.6 Å². The molecule has 276 valence electrons. The van der Waals surface area contributed by atoms with Crippen molar-refractivity contribution in [1.29, 1.82) is 0 Å². The van der Waals surface area contributed by atoms with Crippen LogP contribution < -0.4 is 30.7 Å². The number of hydrogen-bond donors (Lipinski definition) is 3. The maximum atomic E-state index is 12.9. The molecule has 6 heterocycles. The van der Waals surface area contributed by atoms with Gasteiger partial charge in [0.2, 0.25) is 5.91 Å². The molecule has 4 aromatic rings. The van der Waals surface area contributed by atoms with Gasteiger partial charge in [0.05, 0.1) is 22.9 Å². The Hall–Kier alpha value is -4.83. The van der Waals surface area contributed by atoms with E-state index < -0.39 is 0 Å². The minimum Gasteiger partial charge on any atom is -0.364 e. The summed E-state index contributed by atoms with van der Waals surface area (Å²) >= 11 is 7.55. The van der Waals surface area contributed by atoms with E-state index in [1.165, 1.54) is 17.0 Å². The van der Waals surface area contributed by atoms with Crippen molar-refractivity contribution < 1.29 is 14.4 Å². The average molecular weight is 756 g/mol. The largest absolute Gasteiger partial charge is 0.364 e. The first-order valence-corrected chi connectivity index (χ1v) is 19.2. The highest BCUT2D eigenvalue weighted by Crippen LogP contribution is 2.38. The van der Waals surface area contributed by atoms with Crippen LogP contribution in [0.25, 0.3) is 0 Å². The maximum Gasteiger partial charge on any atom is 0.328 e. The first-order chi connectivity index (χ1) is 25.7. The molecular formula is C37H42ClN11O3S. The van der Waals surface area contributed by atoms with E-state index in [1.807, 2.05) is 44.2 Å². The molecule has 0 radical (unpaired) electrons. The molecule has 14 nitrogen and oxygen atoms in total. The number of imide groups is 1. The number of carbonyl (C=O) groups excluding carboxylic acids is 3. The molecule has 8 rings (SSSR count). The minimum absolute atomic E-state index is 0.219. The molecule has 2 aromatic heterocycles. The molecule has 2 atom stereocenters. The number of aryl methyl sites for hydroxylation is 2. The maximum absolute atomic E-state index is 12.9. The summed E-state index contributed by atoms with van der Waals surface area (Å²) in [5, 5.41) is 9.62. The third-order valence-corrected chi connectivity index (χ3v) is 11.8. The van der Waals surface area contributed by atoms with E-state index in [1.54, 1.807) is 17.2 Å². The smallest absolute Gasteiger partial charge is 0.328 e. The lowest BCUT2D eigenvalue weighted by atomic mass is 9.84. The summed E-state index contributed by atoms with van der Waals surface area (Å²) in [5.41, 5.74) is 3.49. The van der Waals surface area contributed by atoms with Crippen LogP contribution in [0.2, 0.25) is 5.02 Å². The number of carbonyl (C=O) groups is 3. The first-order valence-electron chi connectivity index (χ1n) is 18.0. The van der Waals surface area contributed by atoms with Crippen molar-refractivity contribution in [2.45, 2.75) is 38.8 Å². The van der Waals surface area contributed by atoms with E-state index in [0.29, 0.717) is 57.4 Å². The number of thiazole rings is 1.